The third-order valence-corrected chi connectivity index (χ3v) is 2.58. The predicted molar refractivity (Wildman–Crippen MR) is 55.5 cm³/mol. The van der Waals surface area contributed by atoms with Crippen molar-refractivity contribution in [1.82, 2.24) is 0 Å². The summed E-state index contributed by atoms with van der Waals surface area (Å²) in [5.74, 6) is -0.567. The first-order valence-corrected chi connectivity index (χ1v) is 4.94. The minimum absolute atomic E-state index is 0.0871. The highest BCUT2D eigenvalue weighted by Gasteiger charge is 2.16. The molecule has 0 fully saturated rings. The van der Waals surface area contributed by atoms with E-state index in [0.717, 1.165) is 6.07 Å². The number of alkyl halides is 2. The fourth-order valence-corrected chi connectivity index (χ4v) is 1.70. The number of benzene rings is 1. The molecule has 0 aliphatic heterocycles. The highest BCUT2D eigenvalue weighted by molar-refractivity contribution is 9.10. The lowest BCUT2D eigenvalue weighted by Crippen LogP contribution is -2.05. The average Bonchev–Trinajstić information content (AvgIpc) is 2.19. The van der Waals surface area contributed by atoms with Crippen LogP contribution in [0.4, 0.5) is 8.78 Å². The first-order chi connectivity index (χ1) is 7.45. The Hall–Kier alpha value is -1.48. The van der Waals surface area contributed by atoms with Gasteiger partial charge in [-0.05, 0) is 35.0 Å². The third kappa shape index (κ3) is 2.76. The Balaban J connectivity index is 3.32. The lowest BCUT2D eigenvalue weighted by molar-refractivity contribution is -0.0504. The lowest BCUT2D eigenvalue weighted by Gasteiger charge is -2.09. The van der Waals surface area contributed by atoms with E-state index in [1.807, 2.05) is 0 Å². The maximum atomic E-state index is 12.1. The van der Waals surface area contributed by atoms with Crippen molar-refractivity contribution in [2.75, 3.05) is 0 Å². The number of nitriles is 1. The molecule has 0 heterocycles. The molecule has 3 nitrogen and oxygen atoms in total. The summed E-state index contributed by atoms with van der Waals surface area (Å²) in [7, 11) is 0. The van der Waals surface area contributed by atoms with E-state index < -0.39 is 6.61 Å². The third-order valence-electron chi connectivity index (χ3n) is 1.76. The largest absolute Gasteiger partial charge is 0.434 e. The van der Waals surface area contributed by atoms with Crippen LogP contribution in [0.2, 0.25) is 0 Å². The number of hydrogen-bond donors (Lipinski definition) is 0. The van der Waals surface area contributed by atoms with E-state index in [-0.39, 0.29) is 27.1 Å². The van der Waals surface area contributed by atoms with Crippen LogP contribution in [0.5, 0.6) is 5.75 Å². The zero-order valence-electron chi connectivity index (χ0n) is 8.13. The smallest absolute Gasteiger partial charge is 0.387 e. The molecule has 84 valence electrons. The molecule has 0 unspecified atom stereocenters. The molecule has 0 amide bonds. The monoisotopic (exact) mass is 289 g/mol. The molecule has 0 saturated carbocycles. The molecule has 0 aliphatic carbocycles. The van der Waals surface area contributed by atoms with Crippen molar-refractivity contribution in [3.8, 4) is 11.8 Å². The Morgan fingerprint density at radius 2 is 2.19 bits per heavy atom. The van der Waals surface area contributed by atoms with E-state index >= 15 is 0 Å². The highest BCUT2D eigenvalue weighted by Crippen LogP contribution is 2.31. The summed E-state index contributed by atoms with van der Waals surface area (Å²) in [6.45, 7) is -1.74. The van der Waals surface area contributed by atoms with E-state index in [4.69, 9.17) is 5.26 Å². The number of carbonyl (C=O) groups excluding carboxylic acids is 1. The van der Waals surface area contributed by atoms with Gasteiger partial charge < -0.3 is 4.74 Å². The number of nitrogens with zero attached hydrogens (tertiary/aromatic N) is 1. The average molecular weight is 290 g/mol. The first kappa shape index (κ1) is 12.6. The molecular weight excluding hydrogens is 284 g/mol. The molecule has 1 aromatic rings. The summed E-state index contributed by atoms with van der Waals surface area (Å²) in [5.41, 5.74) is 0.221. The van der Waals surface area contributed by atoms with Gasteiger partial charge in [0.25, 0.3) is 0 Å². The molecular formula is C10H6BrF2NO2. The minimum atomic E-state index is -3.01. The Labute approximate surface area is 98.8 Å². The number of halogens is 3. The number of ketones is 1. The normalized spacial score (nSPS) is 10.0. The Bertz CT molecular complexity index is 469. The molecule has 0 N–H and O–H groups in total. The van der Waals surface area contributed by atoms with Gasteiger partial charge in [0.2, 0.25) is 0 Å². The molecule has 0 saturated heterocycles. The van der Waals surface area contributed by atoms with Crippen molar-refractivity contribution in [3.05, 3.63) is 27.7 Å². The molecule has 0 bridgehead atoms. The van der Waals surface area contributed by atoms with Crippen LogP contribution >= 0.6 is 15.9 Å². The summed E-state index contributed by atoms with van der Waals surface area (Å²) in [4.78, 5) is 11.2. The summed E-state index contributed by atoms with van der Waals surface area (Å²) in [6.07, 6.45) is 0. The van der Waals surface area contributed by atoms with Crippen LogP contribution < -0.4 is 4.74 Å². The molecule has 1 rings (SSSR count). The molecule has 0 spiro atoms. The first-order valence-electron chi connectivity index (χ1n) is 4.15. The van der Waals surface area contributed by atoms with Crippen molar-refractivity contribution in [2.24, 2.45) is 0 Å². The molecule has 0 radical (unpaired) electrons. The maximum absolute atomic E-state index is 12.1. The van der Waals surface area contributed by atoms with Crippen molar-refractivity contribution in [3.63, 3.8) is 0 Å². The second-order valence-corrected chi connectivity index (χ2v) is 3.68. The summed E-state index contributed by atoms with van der Waals surface area (Å²) < 4.78 is 28.4. The SMILES string of the molecule is CC(=O)c1cc(C#N)cc(OC(F)F)c1Br. The summed E-state index contributed by atoms with van der Waals surface area (Å²) in [5, 5.41) is 8.67. The van der Waals surface area contributed by atoms with E-state index in [2.05, 4.69) is 20.7 Å². The standard InChI is InChI=1S/C10H6BrF2NO2/c1-5(15)7-2-6(4-14)3-8(9(7)11)16-10(12)13/h2-3,10H,1H3. The molecule has 0 aromatic heterocycles. The number of rotatable bonds is 3. The van der Waals surface area contributed by atoms with Gasteiger partial charge >= 0.3 is 6.61 Å². The quantitative estimate of drug-likeness (QED) is 0.804. The van der Waals surface area contributed by atoms with Gasteiger partial charge in [-0.3, -0.25) is 4.79 Å². The zero-order chi connectivity index (χ0) is 12.3. The van der Waals surface area contributed by atoms with E-state index in [0.29, 0.717) is 0 Å². The van der Waals surface area contributed by atoms with Gasteiger partial charge in [-0.2, -0.15) is 14.0 Å². The fourth-order valence-electron chi connectivity index (χ4n) is 1.10. The van der Waals surface area contributed by atoms with Crippen LogP contribution in [-0.4, -0.2) is 12.4 Å². The number of hydrogen-bond acceptors (Lipinski definition) is 3. The molecule has 16 heavy (non-hydrogen) atoms. The Morgan fingerprint density at radius 1 is 1.56 bits per heavy atom. The maximum Gasteiger partial charge on any atom is 0.387 e. The zero-order valence-corrected chi connectivity index (χ0v) is 9.72. The van der Waals surface area contributed by atoms with Gasteiger partial charge in [0, 0.05) is 5.56 Å². The van der Waals surface area contributed by atoms with Gasteiger partial charge in [0.15, 0.2) is 5.78 Å². The van der Waals surface area contributed by atoms with Crippen molar-refractivity contribution in [2.45, 2.75) is 13.5 Å². The van der Waals surface area contributed by atoms with Gasteiger partial charge in [-0.25, -0.2) is 0 Å². The lowest BCUT2D eigenvalue weighted by atomic mass is 10.1. The summed E-state index contributed by atoms with van der Waals surface area (Å²) in [6, 6.07) is 4.22. The van der Waals surface area contributed by atoms with Crippen LogP contribution in [-0.2, 0) is 0 Å². The Kier molecular flexibility index (Phi) is 3.96. The number of carbonyl (C=O) groups is 1. The highest BCUT2D eigenvalue weighted by atomic mass is 79.9. The van der Waals surface area contributed by atoms with Crippen molar-refractivity contribution < 1.29 is 18.3 Å². The molecule has 0 aliphatic rings. The summed E-state index contributed by atoms with van der Waals surface area (Å²) >= 11 is 2.99. The molecule has 0 atom stereocenters. The predicted octanol–water partition coefficient (Wildman–Crippen LogP) is 3.12. The minimum Gasteiger partial charge on any atom is -0.434 e. The number of Topliss-reactive ketones (excluding diaryl/α,β-unsaturated/α-hetero) is 1. The molecule has 6 heteroatoms. The second kappa shape index (κ2) is 5.03. The van der Waals surface area contributed by atoms with Crippen LogP contribution in [0.15, 0.2) is 16.6 Å². The van der Waals surface area contributed by atoms with Crippen molar-refractivity contribution in [1.29, 1.82) is 5.26 Å². The van der Waals surface area contributed by atoms with E-state index in [9.17, 15) is 13.6 Å². The topological polar surface area (TPSA) is 50.1 Å². The van der Waals surface area contributed by atoms with Gasteiger partial charge in [-0.1, -0.05) is 0 Å². The molecule has 1 aromatic carbocycles. The second-order valence-electron chi connectivity index (χ2n) is 2.88. The fraction of sp³-hybridized carbons (Fsp3) is 0.200. The van der Waals surface area contributed by atoms with E-state index in [1.54, 1.807) is 6.07 Å². The van der Waals surface area contributed by atoms with Crippen molar-refractivity contribution >= 4 is 21.7 Å². The van der Waals surface area contributed by atoms with Gasteiger partial charge in [0.05, 0.1) is 16.1 Å². The van der Waals surface area contributed by atoms with Crippen LogP contribution in [0.1, 0.15) is 22.8 Å². The van der Waals surface area contributed by atoms with Gasteiger partial charge in [0.1, 0.15) is 5.75 Å². The van der Waals surface area contributed by atoms with Gasteiger partial charge in [-0.15, -0.1) is 0 Å². The van der Waals surface area contributed by atoms with Crippen LogP contribution in [0, 0.1) is 11.3 Å². The van der Waals surface area contributed by atoms with Crippen LogP contribution in [0.25, 0.3) is 0 Å². The van der Waals surface area contributed by atoms with Crippen LogP contribution in [0.3, 0.4) is 0 Å². The van der Waals surface area contributed by atoms with E-state index in [1.165, 1.54) is 13.0 Å². The Morgan fingerprint density at radius 3 is 2.62 bits per heavy atom. The number of ether oxygens (including phenoxy) is 1.